The minimum Gasteiger partial charge on any atom is -0.444 e. The van der Waals surface area contributed by atoms with E-state index >= 15 is 0 Å². The van der Waals surface area contributed by atoms with E-state index in [4.69, 9.17) is 9.47 Å². The van der Waals surface area contributed by atoms with Gasteiger partial charge in [0.25, 0.3) is 5.91 Å². The second-order valence-corrected chi connectivity index (χ2v) is 14.3. The van der Waals surface area contributed by atoms with Crippen LogP contribution in [0.5, 0.6) is 0 Å². The molecule has 1 aromatic heterocycles. The Labute approximate surface area is 268 Å². The first kappa shape index (κ1) is 34.7. The Hall–Kier alpha value is -3.21. The van der Waals surface area contributed by atoms with E-state index in [2.05, 4.69) is 43.2 Å². The van der Waals surface area contributed by atoms with Crippen LogP contribution >= 0.6 is 0 Å². The highest BCUT2D eigenvalue weighted by Crippen LogP contribution is 2.30. The topological polar surface area (TPSA) is 110 Å². The van der Waals surface area contributed by atoms with Crippen LogP contribution in [0.2, 0.25) is 0 Å². The van der Waals surface area contributed by atoms with Gasteiger partial charge in [0.05, 0.1) is 17.7 Å². The number of rotatable bonds is 11. The summed E-state index contributed by atoms with van der Waals surface area (Å²) in [6, 6.07) is -0.375. The minimum absolute atomic E-state index is 0.0544. The van der Waals surface area contributed by atoms with E-state index in [-0.39, 0.29) is 36.2 Å². The summed E-state index contributed by atoms with van der Waals surface area (Å²) in [5.74, 6) is -0.174. The van der Waals surface area contributed by atoms with E-state index in [1.54, 1.807) is 12.0 Å². The molecule has 1 aliphatic carbocycles. The van der Waals surface area contributed by atoms with Crippen molar-refractivity contribution in [2.75, 3.05) is 46.4 Å². The molecule has 0 aromatic carbocycles. The second-order valence-electron chi connectivity index (χ2n) is 14.3. The summed E-state index contributed by atoms with van der Waals surface area (Å²) >= 11 is 0. The summed E-state index contributed by atoms with van der Waals surface area (Å²) in [6.07, 6.45) is 11.4. The lowest BCUT2D eigenvalue weighted by Gasteiger charge is -2.43. The van der Waals surface area contributed by atoms with Gasteiger partial charge in [0.2, 0.25) is 5.91 Å². The molecule has 0 bridgehead atoms. The Bertz CT molecular complexity index is 1240. The molecule has 250 valence electrons. The van der Waals surface area contributed by atoms with Crippen molar-refractivity contribution in [1.29, 1.82) is 0 Å². The zero-order valence-corrected chi connectivity index (χ0v) is 28.5. The molecule has 11 heteroatoms. The molecule has 11 nitrogen and oxygen atoms in total. The standard InChI is InChI=1S/C34H54N6O5/c1-24(2)21-39(27-20-26(31(41)37-17-11-12-18-37)22-38(23-27)33(43)45-34(4,5)6)32(42)30-29(16-10-13-19-44-7)40(36-35-30)28-15-9-8-14-25(28)3/h8-9,15,24-27H,10-14,16-23H2,1-7H3/t25?,26?,27-/m0/s1. The van der Waals surface area contributed by atoms with Crippen LogP contribution in [0.4, 0.5) is 4.79 Å². The SMILES string of the molecule is COCCCCc1c(C(=O)N(CC(C)C)[C@H]2CC(C(=O)N3CCCC3)CN(C(=O)OC(C)(C)C)C2)nnn1C1=CC=CCC1C. The zero-order valence-electron chi connectivity index (χ0n) is 28.5. The van der Waals surface area contributed by atoms with Crippen LogP contribution in [0.25, 0.3) is 5.70 Å². The molecule has 2 unspecified atom stereocenters. The first-order valence-corrected chi connectivity index (χ1v) is 16.8. The van der Waals surface area contributed by atoms with Crippen molar-refractivity contribution in [3.63, 3.8) is 0 Å². The molecule has 0 radical (unpaired) electrons. The average molecular weight is 627 g/mol. The highest BCUT2D eigenvalue weighted by molar-refractivity contribution is 5.94. The average Bonchev–Trinajstić information content (AvgIpc) is 3.67. The summed E-state index contributed by atoms with van der Waals surface area (Å²) in [5, 5.41) is 9.05. The van der Waals surface area contributed by atoms with Crippen LogP contribution in [0, 0.1) is 17.8 Å². The predicted molar refractivity (Wildman–Crippen MR) is 173 cm³/mol. The molecule has 45 heavy (non-hydrogen) atoms. The van der Waals surface area contributed by atoms with E-state index in [1.807, 2.05) is 41.3 Å². The summed E-state index contributed by atoms with van der Waals surface area (Å²) in [7, 11) is 1.69. The number of carbonyl (C=O) groups excluding carboxylic acids is 3. The lowest BCUT2D eigenvalue weighted by Crippen LogP contribution is -2.58. The molecule has 1 aromatic rings. The van der Waals surface area contributed by atoms with Crippen LogP contribution in [0.15, 0.2) is 18.2 Å². The number of allylic oxidation sites excluding steroid dienone is 4. The van der Waals surface area contributed by atoms with E-state index in [1.165, 1.54) is 0 Å². The van der Waals surface area contributed by atoms with E-state index in [9.17, 15) is 14.4 Å². The number of unbranched alkanes of at least 4 members (excludes halogenated alkanes) is 1. The summed E-state index contributed by atoms with van der Waals surface area (Å²) < 4.78 is 12.9. The Morgan fingerprint density at radius 3 is 2.47 bits per heavy atom. The van der Waals surface area contributed by atoms with Gasteiger partial charge in [-0.15, -0.1) is 5.10 Å². The van der Waals surface area contributed by atoms with Crippen molar-refractivity contribution in [3.8, 4) is 0 Å². The molecular formula is C34H54N6O5. The largest absolute Gasteiger partial charge is 0.444 e. The fourth-order valence-electron chi connectivity index (χ4n) is 6.53. The molecule has 3 atom stereocenters. The van der Waals surface area contributed by atoms with Crippen LogP contribution in [0.1, 0.15) is 96.2 Å². The van der Waals surface area contributed by atoms with Gasteiger partial charge in [-0.25, -0.2) is 9.48 Å². The number of piperidine rings is 1. The van der Waals surface area contributed by atoms with Gasteiger partial charge in [-0.1, -0.05) is 38.1 Å². The molecule has 4 rings (SSSR count). The normalized spacial score (nSPS) is 22.1. The maximum Gasteiger partial charge on any atom is 0.410 e. The molecule has 3 aliphatic rings. The van der Waals surface area contributed by atoms with Gasteiger partial charge in [0.1, 0.15) is 5.60 Å². The first-order valence-electron chi connectivity index (χ1n) is 16.8. The molecular weight excluding hydrogens is 572 g/mol. The Morgan fingerprint density at radius 1 is 1.09 bits per heavy atom. The number of amides is 3. The molecule has 2 saturated heterocycles. The third-order valence-corrected chi connectivity index (χ3v) is 8.73. The molecule has 3 amide bonds. The Balaban J connectivity index is 1.69. The maximum atomic E-state index is 14.6. The van der Waals surface area contributed by atoms with Crippen LogP contribution in [-0.2, 0) is 20.7 Å². The minimum atomic E-state index is -0.678. The van der Waals surface area contributed by atoms with Crippen molar-refractivity contribution in [2.24, 2.45) is 17.8 Å². The highest BCUT2D eigenvalue weighted by Gasteiger charge is 2.42. The van der Waals surface area contributed by atoms with Gasteiger partial charge in [-0.3, -0.25) is 9.59 Å². The van der Waals surface area contributed by atoms with Crippen LogP contribution in [-0.4, -0.2) is 106 Å². The van der Waals surface area contributed by atoms with E-state index in [0.717, 1.165) is 56.6 Å². The number of nitrogens with zero attached hydrogens (tertiary/aromatic N) is 6. The number of carbonyl (C=O) groups is 3. The molecule has 2 fully saturated rings. The van der Waals surface area contributed by atoms with Gasteiger partial charge in [-0.2, -0.15) is 0 Å². The van der Waals surface area contributed by atoms with Gasteiger partial charge in [0, 0.05) is 58.1 Å². The van der Waals surface area contributed by atoms with Crippen LogP contribution in [0.3, 0.4) is 0 Å². The van der Waals surface area contributed by atoms with E-state index < -0.39 is 17.6 Å². The molecule has 0 spiro atoms. The van der Waals surface area contributed by atoms with Crippen LogP contribution < -0.4 is 0 Å². The van der Waals surface area contributed by atoms with Gasteiger partial charge >= 0.3 is 6.09 Å². The van der Waals surface area contributed by atoms with Gasteiger partial charge in [0.15, 0.2) is 5.69 Å². The molecule has 0 saturated carbocycles. The number of ether oxygens (including phenoxy) is 2. The van der Waals surface area contributed by atoms with Crippen molar-refractivity contribution in [2.45, 2.75) is 98.1 Å². The lowest BCUT2D eigenvalue weighted by atomic mass is 9.91. The maximum absolute atomic E-state index is 14.6. The Kier molecular flexibility index (Phi) is 11.8. The quantitative estimate of drug-likeness (QED) is 0.317. The molecule has 2 aliphatic heterocycles. The van der Waals surface area contributed by atoms with E-state index in [0.29, 0.717) is 38.2 Å². The van der Waals surface area contributed by atoms with Crippen molar-refractivity contribution >= 4 is 23.6 Å². The number of hydrogen-bond acceptors (Lipinski definition) is 7. The third kappa shape index (κ3) is 8.95. The Morgan fingerprint density at radius 2 is 1.82 bits per heavy atom. The highest BCUT2D eigenvalue weighted by atomic mass is 16.6. The fraction of sp³-hybridized carbons (Fsp3) is 0.735. The number of hydrogen-bond donors (Lipinski definition) is 0. The van der Waals surface area contributed by atoms with Crippen molar-refractivity contribution in [3.05, 3.63) is 29.6 Å². The molecule has 0 N–H and O–H groups in total. The smallest absolute Gasteiger partial charge is 0.410 e. The monoisotopic (exact) mass is 626 g/mol. The summed E-state index contributed by atoms with van der Waals surface area (Å²) in [5.41, 5.74) is 1.48. The second kappa shape index (κ2) is 15.4. The lowest BCUT2D eigenvalue weighted by molar-refractivity contribution is -0.137. The van der Waals surface area contributed by atoms with Gasteiger partial charge < -0.3 is 24.2 Å². The first-order chi connectivity index (χ1) is 21.4. The van der Waals surface area contributed by atoms with Gasteiger partial charge in [-0.05, 0) is 77.7 Å². The fourth-order valence-corrected chi connectivity index (χ4v) is 6.53. The zero-order chi connectivity index (χ0) is 32.7. The third-order valence-electron chi connectivity index (χ3n) is 8.73. The number of methoxy groups -OCH3 is 1. The number of aromatic nitrogens is 3. The molecule has 3 heterocycles. The number of likely N-dealkylation sites (tertiary alicyclic amines) is 2. The van der Waals surface area contributed by atoms with Crippen molar-refractivity contribution in [1.82, 2.24) is 29.7 Å². The summed E-state index contributed by atoms with van der Waals surface area (Å²) in [4.78, 5) is 47.1. The predicted octanol–water partition coefficient (Wildman–Crippen LogP) is 5.03. The summed E-state index contributed by atoms with van der Waals surface area (Å²) in [6.45, 7) is 15.0. The van der Waals surface area contributed by atoms with Crippen molar-refractivity contribution < 1.29 is 23.9 Å².